The Hall–Kier alpha value is -1.56. The van der Waals surface area contributed by atoms with Crippen molar-refractivity contribution >= 4 is 23.4 Å². The Morgan fingerprint density at radius 1 is 1.40 bits per heavy atom. The zero-order chi connectivity index (χ0) is 11.1. The highest BCUT2D eigenvalue weighted by Gasteiger charge is 2.05. The second-order valence-corrected chi connectivity index (χ2v) is 2.98. The molecule has 1 heterocycles. The number of hydrogen-bond donors (Lipinski definition) is 3. The highest BCUT2D eigenvalue weighted by atomic mass is 35.5. The minimum atomic E-state index is -0.257. The van der Waals surface area contributed by atoms with Gasteiger partial charge in [0, 0.05) is 19.3 Å². The lowest BCUT2D eigenvalue weighted by Gasteiger charge is -2.04. The van der Waals surface area contributed by atoms with Crippen molar-refractivity contribution in [3.63, 3.8) is 0 Å². The van der Waals surface area contributed by atoms with Gasteiger partial charge < -0.3 is 10.6 Å². The van der Waals surface area contributed by atoms with E-state index in [-0.39, 0.29) is 17.7 Å². The molecule has 0 aliphatic heterocycles. The van der Waals surface area contributed by atoms with Gasteiger partial charge in [-0.2, -0.15) is 5.10 Å². The van der Waals surface area contributed by atoms with Gasteiger partial charge in [-0.25, -0.2) is 0 Å². The molecule has 1 rings (SSSR count). The molecule has 3 N–H and O–H groups in total. The van der Waals surface area contributed by atoms with Crippen LogP contribution in [0.4, 0.5) is 0 Å². The maximum atomic E-state index is 11.3. The van der Waals surface area contributed by atoms with Crippen molar-refractivity contribution < 1.29 is 9.59 Å². The molecule has 1 aromatic heterocycles. The van der Waals surface area contributed by atoms with Gasteiger partial charge in [0.1, 0.15) is 11.6 Å². The number of rotatable bonds is 5. The smallest absolute Gasteiger partial charge is 0.269 e. The average Bonchev–Trinajstić information content (AvgIpc) is 2.77. The molecule has 0 saturated carbocycles. The molecule has 0 aliphatic rings. The summed E-state index contributed by atoms with van der Waals surface area (Å²) in [4.78, 5) is 22.0. The Kier molecular flexibility index (Phi) is 4.62. The summed E-state index contributed by atoms with van der Waals surface area (Å²) >= 11 is 5.26. The molecular formula is C8H11ClN4O2. The molecule has 0 unspecified atom stereocenters. The summed E-state index contributed by atoms with van der Waals surface area (Å²) in [6.45, 7) is 0.700. The van der Waals surface area contributed by atoms with E-state index in [4.69, 9.17) is 11.6 Å². The summed E-state index contributed by atoms with van der Waals surface area (Å²) in [5.41, 5.74) is 0.388. The van der Waals surface area contributed by atoms with Crippen molar-refractivity contribution in [2.45, 2.75) is 0 Å². The first kappa shape index (κ1) is 11.5. The average molecular weight is 231 g/mol. The Balaban J connectivity index is 2.16. The molecule has 1 aromatic rings. The van der Waals surface area contributed by atoms with E-state index >= 15 is 0 Å². The van der Waals surface area contributed by atoms with Crippen molar-refractivity contribution in [2.24, 2.45) is 0 Å². The van der Waals surface area contributed by atoms with E-state index in [2.05, 4.69) is 20.8 Å². The minimum absolute atomic E-state index is 0.0749. The molecule has 2 amide bonds. The standard InChI is InChI=1S/C8H11ClN4O2/c9-5-7(14)10-3-4-11-8(15)6-1-2-12-13-6/h1-2H,3-5H2,(H,10,14)(H,11,15)(H,12,13). The molecule has 0 saturated heterocycles. The molecule has 0 atom stereocenters. The summed E-state index contributed by atoms with van der Waals surface area (Å²) in [5, 5.41) is 11.3. The number of alkyl halides is 1. The first-order chi connectivity index (χ1) is 7.24. The predicted octanol–water partition coefficient (Wildman–Crippen LogP) is -0.506. The first-order valence-electron chi connectivity index (χ1n) is 4.34. The minimum Gasteiger partial charge on any atom is -0.353 e. The van der Waals surface area contributed by atoms with Gasteiger partial charge in [0.2, 0.25) is 5.91 Å². The number of aromatic amines is 1. The molecule has 7 heteroatoms. The van der Waals surface area contributed by atoms with Crippen LogP contribution >= 0.6 is 11.6 Å². The molecule has 0 aliphatic carbocycles. The van der Waals surface area contributed by atoms with E-state index in [0.717, 1.165) is 0 Å². The predicted molar refractivity (Wildman–Crippen MR) is 54.7 cm³/mol. The topological polar surface area (TPSA) is 86.9 Å². The number of nitrogens with one attached hydrogen (secondary N) is 3. The van der Waals surface area contributed by atoms with Crippen LogP contribution in [0.15, 0.2) is 12.3 Å². The number of amides is 2. The van der Waals surface area contributed by atoms with Crippen molar-refractivity contribution in [2.75, 3.05) is 19.0 Å². The van der Waals surface area contributed by atoms with Gasteiger partial charge in [0.25, 0.3) is 5.91 Å². The highest BCUT2D eigenvalue weighted by molar-refractivity contribution is 6.27. The summed E-state index contributed by atoms with van der Waals surface area (Å²) in [6.07, 6.45) is 1.49. The number of nitrogens with zero attached hydrogens (tertiary/aromatic N) is 1. The lowest BCUT2D eigenvalue weighted by Crippen LogP contribution is -2.35. The summed E-state index contributed by atoms with van der Waals surface area (Å²) < 4.78 is 0. The number of carbonyl (C=O) groups excluding carboxylic acids is 2. The fourth-order valence-corrected chi connectivity index (χ4v) is 0.997. The van der Waals surface area contributed by atoms with Crippen LogP contribution in [-0.2, 0) is 4.79 Å². The van der Waals surface area contributed by atoms with Crippen molar-refractivity contribution in [1.29, 1.82) is 0 Å². The van der Waals surface area contributed by atoms with Gasteiger partial charge in [-0.15, -0.1) is 11.6 Å². The van der Waals surface area contributed by atoms with E-state index in [0.29, 0.717) is 18.8 Å². The van der Waals surface area contributed by atoms with Crippen LogP contribution in [0.2, 0.25) is 0 Å². The van der Waals surface area contributed by atoms with Gasteiger partial charge >= 0.3 is 0 Å². The highest BCUT2D eigenvalue weighted by Crippen LogP contribution is 1.89. The zero-order valence-electron chi connectivity index (χ0n) is 7.92. The SMILES string of the molecule is O=C(CCl)NCCNC(=O)c1ccn[nH]1. The van der Waals surface area contributed by atoms with E-state index in [1.165, 1.54) is 6.20 Å². The van der Waals surface area contributed by atoms with Crippen LogP contribution < -0.4 is 10.6 Å². The fraction of sp³-hybridized carbons (Fsp3) is 0.375. The van der Waals surface area contributed by atoms with E-state index in [1.807, 2.05) is 0 Å². The number of carbonyl (C=O) groups is 2. The fourth-order valence-electron chi connectivity index (χ4n) is 0.903. The molecule has 0 bridgehead atoms. The molecule has 6 nitrogen and oxygen atoms in total. The lowest BCUT2D eigenvalue weighted by atomic mass is 10.4. The Labute approximate surface area is 91.4 Å². The van der Waals surface area contributed by atoms with Crippen molar-refractivity contribution in [3.05, 3.63) is 18.0 Å². The Morgan fingerprint density at radius 3 is 2.73 bits per heavy atom. The van der Waals surface area contributed by atoms with E-state index in [1.54, 1.807) is 6.07 Å². The number of halogens is 1. The van der Waals surface area contributed by atoms with Crippen LogP contribution in [0.5, 0.6) is 0 Å². The van der Waals surface area contributed by atoms with Crippen LogP contribution in [0.1, 0.15) is 10.5 Å². The normalized spacial score (nSPS) is 9.67. The van der Waals surface area contributed by atoms with Crippen LogP contribution in [0, 0.1) is 0 Å². The largest absolute Gasteiger partial charge is 0.353 e. The number of H-pyrrole nitrogens is 1. The zero-order valence-corrected chi connectivity index (χ0v) is 8.67. The Bertz CT molecular complexity index is 325. The van der Waals surface area contributed by atoms with Gasteiger partial charge in [-0.1, -0.05) is 0 Å². The Morgan fingerprint density at radius 2 is 2.13 bits per heavy atom. The maximum absolute atomic E-state index is 11.3. The van der Waals surface area contributed by atoms with Gasteiger partial charge in [0.05, 0.1) is 0 Å². The van der Waals surface area contributed by atoms with E-state index < -0.39 is 0 Å². The second-order valence-electron chi connectivity index (χ2n) is 2.71. The van der Waals surface area contributed by atoms with Gasteiger partial charge in [-0.05, 0) is 6.07 Å². The van der Waals surface area contributed by atoms with Crippen LogP contribution in [-0.4, -0.2) is 41.0 Å². The lowest BCUT2D eigenvalue weighted by molar-refractivity contribution is -0.118. The third kappa shape index (κ3) is 3.99. The summed E-state index contributed by atoms with van der Waals surface area (Å²) in [5.74, 6) is -0.589. The molecular weight excluding hydrogens is 220 g/mol. The number of aromatic nitrogens is 2. The monoisotopic (exact) mass is 230 g/mol. The van der Waals surface area contributed by atoms with Crippen molar-refractivity contribution in [3.8, 4) is 0 Å². The first-order valence-corrected chi connectivity index (χ1v) is 4.87. The maximum Gasteiger partial charge on any atom is 0.269 e. The summed E-state index contributed by atoms with van der Waals surface area (Å²) in [6, 6.07) is 1.56. The van der Waals surface area contributed by atoms with Crippen molar-refractivity contribution in [1.82, 2.24) is 20.8 Å². The third-order valence-corrected chi connectivity index (χ3v) is 1.84. The van der Waals surface area contributed by atoms with Gasteiger partial charge in [0.15, 0.2) is 0 Å². The molecule has 82 valence electrons. The van der Waals surface area contributed by atoms with Crippen LogP contribution in [0.3, 0.4) is 0 Å². The number of hydrogen-bond acceptors (Lipinski definition) is 3. The molecule has 0 spiro atoms. The summed E-state index contributed by atoms with van der Waals surface area (Å²) in [7, 11) is 0. The van der Waals surface area contributed by atoms with Gasteiger partial charge in [-0.3, -0.25) is 14.7 Å². The molecule has 0 radical (unpaired) electrons. The van der Waals surface area contributed by atoms with E-state index in [9.17, 15) is 9.59 Å². The second kappa shape index (κ2) is 6.02. The quantitative estimate of drug-likeness (QED) is 0.471. The third-order valence-electron chi connectivity index (χ3n) is 1.60. The molecule has 0 fully saturated rings. The van der Waals surface area contributed by atoms with Crippen LogP contribution in [0.25, 0.3) is 0 Å². The molecule has 0 aromatic carbocycles. The molecule has 15 heavy (non-hydrogen) atoms.